The molecule has 2 aliphatic rings. The number of thioether (sulfide) groups is 1. The number of hydrogen-bond donors (Lipinski definition) is 1. The molecule has 5 heteroatoms. The van der Waals surface area contributed by atoms with Gasteiger partial charge in [0, 0.05) is 30.2 Å². The number of nitrogens with zero attached hydrogens (tertiary/aromatic N) is 3. The minimum Gasteiger partial charge on any atom is -0.359 e. The summed E-state index contributed by atoms with van der Waals surface area (Å²) in [7, 11) is 0. The van der Waals surface area contributed by atoms with Gasteiger partial charge in [-0.3, -0.25) is 4.99 Å². The Kier molecular flexibility index (Phi) is 4.06. The molecule has 4 nitrogen and oxygen atoms in total. The van der Waals surface area contributed by atoms with Crippen LogP contribution in [0.5, 0.6) is 0 Å². The number of imidazole rings is 1. The Morgan fingerprint density at radius 1 is 1.65 bits per heavy atom. The highest BCUT2D eigenvalue weighted by molar-refractivity contribution is 8.14. The molecule has 20 heavy (non-hydrogen) atoms. The summed E-state index contributed by atoms with van der Waals surface area (Å²) in [6.45, 7) is 5.45. The Morgan fingerprint density at radius 3 is 3.30 bits per heavy atom. The second kappa shape index (κ2) is 5.80. The van der Waals surface area contributed by atoms with Gasteiger partial charge in [0.2, 0.25) is 0 Å². The molecule has 3 rings (SSSR count). The summed E-state index contributed by atoms with van der Waals surface area (Å²) >= 11 is 1.90. The van der Waals surface area contributed by atoms with Crippen molar-refractivity contribution in [2.45, 2.75) is 57.7 Å². The number of nitrogens with one attached hydrogen (secondary N) is 1. The van der Waals surface area contributed by atoms with Crippen LogP contribution in [-0.2, 0) is 6.54 Å². The third kappa shape index (κ3) is 3.19. The molecule has 1 spiro atoms. The lowest BCUT2D eigenvalue weighted by Gasteiger charge is -2.36. The molecule has 0 radical (unpaired) electrons. The van der Waals surface area contributed by atoms with E-state index in [9.17, 15) is 0 Å². The summed E-state index contributed by atoms with van der Waals surface area (Å²) in [5, 5.41) is 4.88. The average Bonchev–Trinajstić information content (AvgIpc) is 3.00. The molecule has 0 aromatic carbocycles. The van der Waals surface area contributed by atoms with Crippen molar-refractivity contribution in [2.75, 3.05) is 5.75 Å². The molecule has 1 saturated carbocycles. The fourth-order valence-electron chi connectivity index (χ4n) is 3.42. The van der Waals surface area contributed by atoms with E-state index in [4.69, 9.17) is 4.99 Å². The molecular weight excluding hydrogens is 268 g/mol. The van der Waals surface area contributed by atoms with E-state index in [-0.39, 0.29) is 6.04 Å². The van der Waals surface area contributed by atoms with Gasteiger partial charge in [0.25, 0.3) is 0 Å². The topological polar surface area (TPSA) is 42.2 Å². The minimum absolute atomic E-state index is 0.287. The lowest BCUT2D eigenvalue weighted by atomic mass is 9.78. The van der Waals surface area contributed by atoms with Gasteiger partial charge < -0.3 is 9.88 Å². The number of hydrogen-bond acceptors (Lipinski definition) is 3. The Hall–Kier alpha value is -0.970. The van der Waals surface area contributed by atoms with Gasteiger partial charge in [-0.2, -0.15) is 0 Å². The molecule has 0 bridgehead atoms. The van der Waals surface area contributed by atoms with Crippen molar-refractivity contribution in [1.29, 1.82) is 0 Å². The zero-order valence-corrected chi connectivity index (χ0v) is 13.2. The quantitative estimate of drug-likeness (QED) is 0.931. The van der Waals surface area contributed by atoms with Crippen molar-refractivity contribution in [3.63, 3.8) is 0 Å². The third-order valence-corrected chi connectivity index (χ3v) is 5.50. The van der Waals surface area contributed by atoms with Crippen LogP contribution in [0.15, 0.2) is 23.7 Å². The van der Waals surface area contributed by atoms with E-state index in [0.29, 0.717) is 5.54 Å². The van der Waals surface area contributed by atoms with Gasteiger partial charge in [-0.05, 0) is 25.7 Å². The molecule has 2 fully saturated rings. The van der Waals surface area contributed by atoms with E-state index >= 15 is 0 Å². The summed E-state index contributed by atoms with van der Waals surface area (Å²) in [5.74, 6) is 2.04. The Morgan fingerprint density at radius 2 is 2.55 bits per heavy atom. The van der Waals surface area contributed by atoms with Crippen molar-refractivity contribution >= 4 is 16.9 Å². The third-order valence-electron chi connectivity index (χ3n) is 4.32. The van der Waals surface area contributed by atoms with Gasteiger partial charge in [0.15, 0.2) is 5.17 Å². The zero-order chi connectivity index (χ0) is 14.0. The van der Waals surface area contributed by atoms with Crippen molar-refractivity contribution in [2.24, 2.45) is 10.9 Å². The molecule has 1 N–H and O–H groups in total. The molecule has 1 saturated heterocycles. The van der Waals surface area contributed by atoms with E-state index in [1.54, 1.807) is 0 Å². The Labute approximate surface area is 125 Å². The van der Waals surface area contributed by atoms with E-state index in [0.717, 1.165) is 17.6 Å². The Balaban J connectivity index is 1.60. The molecule has 1 aromatic heterocycles. The molecule has 3 unspecified atom stereocenters. The Bertz CT molecular complexity index is 470. The summed E-state index contributed by atoms with van der Waals surface area (Å²) in [6.07, 6.45) is 11.0. The van der Waals surface area contributed by atoms with Crippen LogP contribution in [-0.4, -0.2) is 32.1 Å². The van der Waals surface area contributed by atoms with Gasteiger partial charge in [-0.25, -0.2) is 4.98 Å². The van der Waals surface area contributed by atoms with E-state index in [2.05, 4.69) is 28.7 Å². The molecule has 0 amide bonds. The molecule has 1 aliphatic carbocycles. The average molecular weight is 292 g/mol. The maximum absolute atomic E-state index is 4.85. The normalized spacial score (nSPS) is 33.5. The van der Waals surface area contributed by atoms with Gasteiger partial charge in [0.05, 0.1) is 12.4 Å². The van der Waals surface area contributed by atoms with Gasteiger partial charge in [-0.1, -0.05) is 31.5 Å². The molecular formula is C15H24N4S. The van der Waals surface area contributed by atoms with Crippen molar-refractivity contribution in [3.05, 3.63) is 18.7 Å². The minimum atomic E-state index is 0.287. The van der Waals surface area contributed by atoms with Crippen LogP contribution < -0.4 is 5.32 Å². The zero-order valence-electron chi connectivity index (χ0n) is 12.4. The van der Waals surface area contributed by atoms with E-state index in [1.165, 1.54) is 31.4 Å². The molecule has 3 atom stereocenters. The number of rotatable bonds is 3. The highest BCUT2D eigenvalue weighted by Gasteiger charge is 2.40. The standard InChI is InChI=1S/C15H24N4S/c1-12-4-3-5-15(8-12)10-20-14(18-15)17-13(2)9-19-7-6-16-11-19/h6-7,11-13H,3-5,8-10H2,1-2H3,(H,17,18). The first-order chi connectivity index (χ1) is 9.65. The second-order valence-corrected chi connectivity index (χ2v) is 7.40. The van der Waals surface area contributed by atoms with E-state index < -0.39 is 0 Å². The van der Waals surface area contributed by atoms with Crippen molar-refractivity contribution < 1.29 is 0 Å². The van der Waals surface area contributed by atoms with Crippen LogP contribution in [0.25, 0.3) is 0 Å². The summed E-state index contributed by atoms with van der Waals surface area (Å²) in [6, 6.07) is 0.287. The smallest absolute Gasteiger partial charge is 0.157 e. The number of aliphatic imine (C=N–C) groups is 1. The van der Waals surface area contributed by atoms with Crippen LogP contribution in [0.3, 0.4) is 0 Å². The SMILES string of the molecule is CC1CCCC2(CSC(=NC(C)Cn3ccnc3)N2)C1. The van der Waals surface area contributed by atoms with Crippen LogP contribution in [0, 0.1) is 5.92 Å². The first-order valence-corrected chi connectivity index (χ1v) is 8.58. The van der Waals surface area contributed by atoms with Gasteiger partial charge >= 0.3 is 0 Å². The maximum atomic E-state index is 4.85. The van der Waals surface area contributed by atoms with Gasteiger partial charge in [-0.15, -0.1) is 0 Å². The van der Waals surface area contributed by atoms with Crippen LogP contribution in [0.4, 0.5) is 0 Å². The highest BCUT2D eigenvalue weighted by atomic mass is 32.2. The highest BCUT2D eigenvalue weighted by Crippen LogP contribution is 2.38. The summed E-state index contributed by atoms with van der Waals surface area (Å²) in [4.78, 5) is 8.92. The number of aromatic nitrogens is 2. The van der Waals surface area contributed by atoms with Crippen molar-refractivity contribution in [1.82, 2.24) is 14.9 Å². The van der Waals surface area contributed by atoms with Crippen LogP contribution in [0.2, 0.25) is 0 Å². The number of amidine groups is 1. The molecule has 2 heterocycles. The second-order valence-electron chi connectivity index (χ2n) is 6.44. The predicted octanol–water partition coefficient (Wildman–Crippen LogP) is 2.91. The lowest BCUT2D eigenvalue weighted by Crippen LogP contribution is -2.47. The predicted molar refractivity (Wildman–Crippen MR) is 85.1 cm³/mol. The monoisotopic (exact) mass is 292 g/mol. The molecule has 110 valence electrons. The van der Waals surface area contributed by atoms with Crippen LogP contribution in [0.1, 0.15) is 39.5 Å². The van der Waals surface area contributed by atoms with E-state index in [1.807, 2.05) is 30.5 Å². The first-order valence-electron chi connectivity index (χ1n) is 7.60. The molecule has 1 aliphatic heterocycles. The van der Waals surface area contributed by atoms with Gasteiger partial charge in [0.1, 0.15) is 0 Å². The molecule has 1 aromatic rings. The largest absolute Gasteiger partial charge is 0.359 e. The summed E-state index contributed by atoms with van der Waals surface area (Å²) in [5.41, 5.74) is 0.329. The first kappa shape index (κ1) is 14.0. The summed E-state index contributed by atoms with van der Waals surface area (Å²) < 4.78 is 2.09. The maximum Gasteiger partial charge on any atom is 0.157 e. The fraction of sp³-hybridized carbons (Fsp3) is 0.733. The van der Waals surface area contributed by atoms with Crippen molar-refractivity contribution in [3.8, 4) is 0 Å². The lowest BCUT2D eigenvalue weighted by molar-refractivity contribution is 0.242. The fourth-order valence-corrected chi connectivity index (χ4v) is 4.71. The van der Waals surface area contributed by atoms with Crippen LogP contribution >= 0.6 is 11.8 Å².